The SMILES string of the molecule is CN1C(=O)CCc2cc(C(=O)NC3CCCC3)ccc21. The van der Waals surface area contributed by atoms with Crippen molar-refractivity contribution in [2.75, 3.05) is 11.9 Å². The summed E-state index contributed by atoms with van der Waals surface area (Å²) in [6.45, 7) is 0. The zero-order valence-corrected chi connectivity index (χ0v) is 11.8. The number of anilines is 1. The van der Waals surface area contributed by atoms with Crippen molar-refractivity contribution in [1.82, 2.24) is 5.32 Å². The Morgan fingerprint density at radius 3 is 2.75 bits per heavy atom. The lowest BCUT2D eigenvalue weighted by Crippen LogP contribution is -2.34. The van der Waals surface area contributed by atoms with Crippen LogP contribution in [0.4, 0.5) is 5.69 Å². The first-order valence-corrected chi connectivity index (χ1v) is 7.35. The number of hydrogen-bond donors (Lipinski definition) is 1. The van der Waals surface area contributed by atoms with E-state index in [0.717, 1.165) is 30.5 Å². The molecule has 2 amide bonds. The third-order valence-corrected chi connectivity index (χ3v) is 4.38. The molecule has 0 bridgehead atoms. The second-order valence-corrected chi connectivity index (χ2v) is 5.75. The minimum absolute atomic E-state index is 0.0132. The minimum atomic E-state index is 0.0132. The first kappa shape index (κ1) is 13.2. The lowest BCUT2D eigenvalue weighted by molar-refractivity contribution is -0.118. The van der Waals surface area contributed by atoms with Gasteiger partial charge in [-0.15, -0.1) is 0 Å². The maximum absolute atomic E-state index is 12.2. The number of fused-ring (bicyclic) bond motifs is 1. The van der Waals surface area contributed by atoms with Crippen LogP contribution >= 0.6 is 0 Å². The van der Waals surface area contributed by atoms with Gasteiger partial charge in [-0.05, 0) is 43.0 Å². The smallest absolute Gasteiger partial charge is 0.251 e. The quantitative estimate of drug-likeness (QED) is 0.898. The molecule has 1 aliphatic carbocycles. The van der Waals surface area contributed by atoms with E-state index in [-0.39, 0.29) is 11.8 Å². The first-order chi connectivity index (χ1) is 9.65. The molecule has 106 valence electrons. The highest BCUT2D eigenvalue weighted by molar-refractivity contribution is 5.99. The number of amides is 2. The molecule has 1 fully saturated rings. The van der Waals surface area contributed by atoms with E-state index in [1.54, 1.807) is 11.9 Å². The third-order valence-electron chi connectivity index (χ3n) is 4.38. The summed E-state index contributed by atoms with van der Waals surface area (Å²) in [4.78, 5) is 25.6. The molecule has 1 N–H and O–H groups in total. The van der Waals surface area contributed by atoms with Crippen LogP contribution in [-0.2, 0) is 11.2 Å². The highest BCUT2D eigenvalue weighted by Crippen LogP contribution is 2.27. The molecule has 1 aliphatic heterocycles. The highest BCUT2D eigenvalue weighted by atomic mass is 16.2. The molecule has 0 saturated heterocycles. The summed E-state index contributed by atoms with van der Waals surface area (Å²) in [7, 11) is 1.79. The number of carbonyl (C=O) groups is 2. The number of benzene rings is 1. The molecule has 2 aliphatic rings. The number of carbonyl (C=O) groups excluding carboxylic acids is 2. The Morgan fingerprint density at radius 1 is 1.25 bits per heavy atom. The molecule has 20 heavy (non-hydrogen) atoms. The number of nitrogens with zero attached hydrogens (tertiary/aromatic N) is 1. The van der Waals surface area contributed by atoms with Crippen LogP contribution in [0.2, 0.25) is 0 Å². The van der Waals surface area contributed by atoms with Crippen molar-refractivity contribution in [2.24, 2.45) is 0 Å². The molecule has 0 aromatic heterocycles. The fourth-order valence-corrected chi connectivity index (χ4v) is 3.14. The predicted molar refractivity (Wildman–Crippen MR) is 77.9 cm³/mol. The summed E-state index contributed by atoms with van der Waals surface area (Å²) >= 11 is 0. The average molecular weight is 272 g/mol. The predicted octanol–water partition coefficient (Wildman–Crippen LogP) is 2.27. The van der Waals surface area contributed by atoms with Crippen LogP contribution in [-0.4, -0.2) is 24.9 Å². The van der Waals surface area contributed by atoms with Gasteiger partial charge in [0.1, 0.15) is 0 Å². The summed E-state index contributed by atoms with van der Waals surface area (Å²) in [5.74, 6) is 0.153. The van der Waals surface area contributed by atoms with Crippen LogP contribution in [0.25, 0.3) is 0 Å². The number of rotatable bonds is 2. The summed E-state index contributed by atoms with van der Waals surface area (Å²) in [6, 6.07) is 5.97. The molecular formula is C16H20N2O2. The van der Waals surface area contributed by atoms with Crippen molar-refractivity contribution in [3.63, 3.8) is 0 Å². The zero-order chi connectivity index (χ0) is 14.1. The van der Waals surface area contributed by atoms with E-state index in [0.29, 0.717) is 18.0 Å². The largest absolute Gasteiger partial charge is 0.349 e. The van der Waals surface area contributed by atoms with Gasteiger partial charge >= 0.3 is 0 Å². The number of hydrogen-bond acceptors (Lipinski definition) is 2. The maximum Gasteiger partial charge on any atom is 0.251 e. The van der Waals surface area contributed by atoms with Gasteiger partial charge in [-0.1, -0.05) is 12.8 Å². The lowest BCUT2D eigenvalue weighted by atomic mass is 9.99. The topological polar surface area (TPSA) is 49.4 Å². The molecule has 1 saturated carbocycles. The lowest BCUT2D eigenvalue weighted by Gasteiger charge is -2.26. The molecule has 1 aromatic rings. The van der Waals surface area contributed by atoms with E-state index >= 15 is 0 Å². The van der Waals surface area contributed by atoms with Crippen LogP contribution in [0, 0.1) is 0 Å². The van der Waals surface area contributed by atoms with Crippen molar-refractivity contribution in [1.29, 1.82) is 0 Å². The van der Waals surface area contributed by atoms with Crippen molar-refractivity contribution < 1.29 is 9.59 Å². The minimum Gasteiger partial charge on any atom is -0.349 e. The maximum atomic E-state index is 12.2. The average Bonchev–Trinajstić information content (AvgIpc) is 2.95. The molecular weight excluding hydrogens is 252 g/mol. The van der Waals surface area contributed by atoms with Gasteiger partial charge in [-0.3, -0.25) is 9.59 Å². The van der Waals surface area contributed by atoms with Crippen LogP contribution < -0.4 is 10.2 Å². The molecule has 0 spiro atoms. The number of aryl methyl sites for hydroxylation is 1. The summed E-state index contributed by atoms with van der Waals surface area (Å²) < 4.78 is 0. The summed E-state index contributed by atoms with van der Waals surface area (Å²) in [6.07, 6.45) is 5.85. The third kappa shape index (κ3) is 2.42. The first-order valence-electron chi connectivity index (χ1n) is 7.35. The normalized spacial score (nSPS) is 19.1. The molecule has 4 nitrogen and oxygen atoms in total. The summed E-state index contributed by atoms with van der Waals surface area (Å²) in [5, 5.41) is 3.10. The molecule has 0 atom stereocenters. The Morgan fingerprint density at radius 2 is 2.00 bits per heavy atom. The monoisotopic (exact) mass is 272 g/mol. The van der Waals surface area contributed by atoms with Gasteiger partial charge in [-0.25, -0.2) is 0 Å². The Balaban J connectivity index is 1.78. The van der Waals surface area contributed by atoms with Crippen LogP contribution in [0.5, 0.6) is 0 Å². The van der Waals surface area contributed by atoms with Gasteiger partial charge in [0.15, 0.2) is 0 Å². The van der Waals surface area contributed by atoms with Crippen molar-refractivity contribution >= 4 is 17.5 Å². The van der Waals surface area contributed by atoms with Gasteiger partial charge in [0.25, 0.3) is 5.91 Å². The van der Waals surface area contributed by atoms with Gasteiger partial charge in [0, 0.05) is 30.8 Å². The standard InChI is InChI=1S/C16H20N2O2/c1-18-14-8-6-12(10-11(14)7-9-15(18)19)16(20)17-13-4-2-3-5-13/h6,8,10,13H,2-5,7,9H2,1H3,(H,17,20). The second-order valence-electron chi connectivity index (χ2n) is 5.75. The van der Waals surface area contributed by atoms with E-state index in [1.807, 2.05) is 18.2 Å². The van der Waals surface area contributed by atoms with Gasteiger partial charge in [-0.2, -0.15) is 0 Å². The van der Waals surface area contributed by atoms with Gasteiger partial charge in [0.2, 0.25) is 5.91 Å². The van der Waals surface area contributed by atoms with Gasteiger partial charge in [0.05, 0.1) is 0 Å². The zero-order valence-electron chi connectivity index (χ0n) is 11.8. The van der Waals surface area contributed by atoms with E-state index in [2.05, 4.69) is 5.32 Å². The molecule has 1 aromatic carbocycles. The molecule has 1 heterocycles. The number of nitrogens with one attached hydrogen (secondary N) is 1. The highest BCUT2D eigenvalue weighted by Gasteiger charge is 2.23. The Labute approximate surface area is 119 Å². The molecule has 0 radical (unpaired) electrons. The van der Waals surface area contributed by atoms with E-state index < -0.39 is 0 Å². The van der Waals surface area contributed by atoms with E-state index in [9.17, 15) is 9.59 Å². The molecule has 3 rings (SSSR count). The van der Waals surface area contributed by atoms with E-state index in [4.69, 9.17) is 0 Å². The molecule has 0 unspecified atom stereocenters. The van der Waals surface area contributed by atoms with Crippen LogP contribution in [0.1, 0.15) is 48.0 Å². The molecule has 4 heteroatoms. The fourth-order valence-electron chi connectivity index (χ4n) is 3.14. The van der Waals surface area contributed by atoms with Crippen LogP contribution in [0.3, 0.4) is 0 Å². The van der Waals surface area contributed by atoms with E-state index in [1.165, 1.54) is 12.8 Å². The van der Waals surface area contributed by atoms with Crippen molar-refractivity contribution in [3.05, 3.63) is 29.3 Å². The fraction of sp³-hybridized carbons (Fsp3) is 0.500. The second kappa shape index (κ2) is 5.27. The Hall–Kier alpha value is -1.84. The van der Waals surface area contributed by atoms with Crippen molar-refractivity contribution in [2.45, 2.75) is 44.6 Å². The summed E-state index contributed by atoms with van der Waals surface area (Å²) in [5.41, 5.74) is 2.73. The Kier molecular flexibility index (Phi) is 3.47. The van der Waals surface area contributed by atoms with Crippen molar-refractivity contribution in [3.8, 4) is 0 Å². The Bertz CT molecular complexity index is 547. The van der Waals surface area contributed by atoms with Crippen LogP contribution in [0.15, 0.2) is 18.2 Å². The van der Waals surface area contributed by atoms with Gasteiger partial charge < -0.3 is 10.2 Å².